The van der Waals surface area contributed by atoms with Gasteiger partial charge in [-0.05, 0) is 6.92 Å². The molecule has 0 aliphatic carbocycles. The van der Waals surface area contributed by atoms with Crippen LogP contribution in [-0.4, -0.2) is 10.2 Å². The number of aromatic amines is 1. The Hall–Kier alpha value is -0.0161. The molecule has 1 aromatic rings. The number of nitrogens with zero attached hydrogens (tertiary/aromatic N) is 1. The minimum atomic E-state index is -0.0336. The smallest absolute Gasteiger partial charge is 0.0488 e. The summed E-state index contributed by atoms with van der Waals surface area (Å²) >= 11 is 0. The molecule has 0 atom stereocenters. The summed E-state index contributed by atoms with van der Waals surface area (Å²) in [6.45, 7) is 3.37. The van der Waals surface area contributed by atoms with Gasteiger partial charge >= 0.3 is 0 Å². The van der Waals surface area contributed by atoms with Crippen LogP contribution < -0.4 is 5.43 Å². The zero-order valence-electron chi connectivity index (χ0n) is 5.93. The minimum absolute atomic E-state index is 0. The average Bonchev–Trinajstić information content (AvgIpc) is 1.83. The molecular weight excluding hydrogens is 205 g/mol. The molecule has 0 unspecified atom stereocenters. The van der Waals surface area contributed by atoms with Crippen LogP contribution in [0, 0.1) is 20.0 Å². The van der Waals surface area contributed by atoms with Crippen LogP contribution in [0.15, 0.2) is 4.79 Å². The Morgan fingerprint density at radius 1 is 1.50 bits per heavy atom. The van der Waals surface area contributed by atoms with Crippen molar-refractivity contribution in [3.8, 4) is 0 Å². The minimum Gasteiger partial charge on any atom is -0.400 e. The molecule has 51 valence electrons. The first kappa shape index (κ1) is 9.98. The van der Waals surface area contributed by atoms with Crippen LogP contribution in [0.1, 0.15) is 11.3 Å². The van der Waals surface area contributed by atoms with Crippen molar-refractivity contribution in [2.24, 2.45) is 0 Å². The zero-order chi connectivity index (χ0) is 6.85. The molecule has 0 aromatic carbocycles. The summed E-state index contributed by atoms with van der Waals surface area (Å²) in [5, 5.41) is 6.14. The van der Waals surface area contributed by atoms with Crippen LogP contribution >= 0.6 is 0 Å². The molecule has 1 rings (SSSR count). The van der Waals surface area contributed by atoms with E-state index in [-0.39, 0.29) is 38.1 Å². The first-order chi connectivity index (χ1) is 4.22. The molecule has 1 N–H and O–H groups in total. The summed E-state index contributed by atoms with van der Waals surface area (Å²) in [7, 11) is 0. The molecular formula is C6H7N2OY-. The summed E-state index contributed by atoms with van der Waals surface area (Å²) in [5.74, 6) is 0. The van der Waals surface area contributed by atoms with E-state index in [0.29, 0.717) is 11.3 Å². The van der Waals surface area contributed by atoms with E-state index in [4.69, 9.17) is 0 Å². The second kappa shape index (κ2) is 3.99. The molecule has 0 amide bonds. The van der Waals surface area contributed by atoms with Gasteiger partial charge in [0, 0.05) is 43.8 Å². The maximum absolute atomic E-state index is 10.9. The third-order valence-corrected chi connectivity index (χ3v) is 1.14. The Bertz CT molecular complexity index is 245. The normalized spacial score (nSPS) is 8.60. The van der Waals surface area contributed by atoms with Crippen LogP contribution in [0.25, 0.3) is 0 Å². The van der Waals surface area contributed by atoms with Crippen LogP contribution in [0.5, 0.6) is 0 Å². The zero-order valence-corrected chi connectivity index (χ0v) is 8.77. The van der Waals surface area contributed by atoms with Crippen LogP contribution in [-0.2, 0) is 32.7 Å². The number of hydrogen-bond acceptors (Lipinski definition) is 2. The summed E-state index contributed by atoms with van der Waals surface area (Å²) < 4.78 is 0. The Balaban J connectivity index is 0.000000810. The SMILES string of the molecule is Cc1[c-][nH]nc(C)c1=O.[Y]. The standard InChI is InChI=1S/C6H7N2O.Y/c1-4-3-7-8-5(2)6(4)9;/h1-2H3,(H,7,9);/q-1;. The Morgan fingerprint density at radius 2 is 2.10 bits per heavy atom. The molecule has 0 aliphatic rings. The first-order valence-corrected chi connectivity index (χ1v) is 2.65. The van der Waals surface area contributed by atoms with Crippen LogP contribution in [0.3, 0.4) is 0 Å². The fourth-order valence-electron chi connectivity index (χ4n) is 0.575. The summed E-state index contributed by atoms with van der Waals surface area (Å²) in [5.41, 5.74) is 1.04. The van der Waals surface area contributed by atoms with Crippen molar-refractivity contribution in [2.75, 3.05) is 0 Å². The largest absolute Gasteiger partial charge is 0.400 e. The van der Waals surface area contributed by atoms with Crippen molar-refractivity contribution in [2.45, 2.75) is 13.8 Å². The van der Waals surface area contributed by atoms with Gasteiger partial charge in [0.05, 0.1) is 0 Å². The first-order valence-electron chi connectivity index (χ1n) is 2.65. The maximum atomic E-state index is 10.9. The van der Waals surface area contributed by atoms with E-state index in [1.54, 1.807) is 13.8 Å². The fourth-order valence-corrected chi connectivity index (χ4v) is 0.575. The van der Waals surface area contributed by atoms with E-state index in [2.05, 4.69) is 16.4 Å². The van der Waals surface area contributed by atoms with Gasteiger partial charge in [0.25, 0.3) is 0 Å². The fraction of sp³-hybridized carbons (Fsp3) is 0.333. The van der Waals surface area contributed by atoms with E-state index < -0.39 is 0 Å². The van der Waals surface area contributed by atoms with Gasteiger partial charge in [-0.3, -0.25) is 0 Å². The molecule has 0 bridgehead atoms. The molecule has 0 saturated heterocycles. The molecule has 1 heterocycles. The molecule has 0 saturated carbocycles. The molecule has 0 fully saturated rings. The molecule has 0 spiro atoms. The predicted molar refractivity (Wildman–Crippen MR) is 33.2 cm³/mol. The van der Waals surface area contributed by atoms with Crippen molar-refractivity contribution in [3.63, 3.8) is 0 Å². The third-order valence-electron chi connectivity index (χ3n) is 1.14. The van der Waals surface area contributed by atoms with Gasteiger partial charge in [0.15, 0.2) is 0 Å². The van der Waals surface area contributed by atoms with Crippen molar-refractivity contribution < 1.29 is 32.7 Å². The Kier molecular flexibility index (Phi) is 3.98. The van der Waals surface area contributed by atoms with E-state index >= 15 is 0 Å². The third kappa shape index (κ3) is 1.99. The summed E-state index contributed by atoms with van der Waals surface area (Å²) in [6.07, 6.45) is 2.59. The Labute approximate surface area is 84.1 Å². The second-order valence-corrected chi connectivity index (χ2v) is 1.89. The molecule has 10 heavy (non-hydrogen) atoms. The van der Waals surface area contributed by atoms with Gasteiger partial charge in [-0.2, -0.15) is 5.56 Å². The molecule has 1 aromatic heterocycles. The van der Waals surface area contributed by atoms with Gasteiger partial charge in [-0.25, -0.2) is 5.10 Å². The number of rotatable bonds is 0. The van der Waals surface area contributed by atoms with Gasteiger partial charge in [-0.1, -0.05) is 6.92 Å². The van der Waals surface area contributed by atoms with Gasteiger partial charge in [0.2, 0.25) is 0 Å². The van der Waals surface area contributed by atoms with Crippen molar-refractivity contribution >= 4 is 0 Å². The maximum Gasteiger partial charge on any atom is 0.0488 e. The Morgan fingerprint density at radius 3 is 2.50 bits per heavy atom. The van der Waals surface area contributed by atoms with Crippen molar-refractivity contribution in [3.05, 3.63) is 27.7 Å². The summed E-state index contributed by atoms with van der Waals surface area (Å²) in [4.78, 5) is 10.9. The van der Waals surface area contributed by atoms with Crippen molar-refractivity contribution in [1.29, 1.82) is 0 Å². The van der Waals surface area contributed by atoms with E-state index in [0.717, 1.165) is 0 Å². The number of aromatic nitrogens is 2. The van der Waals surface area contributed by atoms with Gasteiger partial charge < -0.3 is 9.89 Å². The van der Waals surface area contributed by atoms with Crippen LogP contribution in [0.4, 0.5) is 0 Å². The van der Waals surface area contributed by atoms with Crippen molar-refractivity contribution in [1.82, 2.24) is 10.2 Å². The average molecular weight is 212 g/mol. The topological polar surface area (TPSA) is 45.8 Å². The number of hydrogen-bond donors (Lipinski definition) is 1. The molecule has 0 aliphatic heterocycles. The van der Waals surface area contributed by atoms with E-state index in [1.807, 2.05) is 0 Å². The number of aryl methyl sites for hydroxylation is 2. The monoisotopic (exact) mass is 212 g/mol. The molecule has 1 radical (unpaired) electrons. The van der Waals surface area contributed by atoms with Gasteiger partial charge in [0.1, 0.15) is 0 Å². The van der Waals surface area contributed by atoms with E-state index in [9.17, 15) is 4.79 Å². The molecule has 4 heteroatoms. The predicted octanol–water partition coefficient (Wildman–Crippen LogP) is 0.184. The van der Waals surface area contributed by atoms with Crippen LogP contribution in [0.2, 0.25) is 0 Å². The number of H-pyrrole nitrogens is 1. The van der Waals surface area contributed by atoms with E-state index in [1.165, 1.54) is 0 Å². The molecule has 3 nitrogen and oxygen atoms in total. The number of nitrogens with one attached hydrogen (secondary N) is 1. The summed E-state index contributed by atoms with van der Waals surface area (Å²) in [6, 6.07) is 0. The second-order valence-electron chi connectivity index (χ2n) is 1.89. The quantitative estimate of drug-likeness (QED) is 0.623. The van der Waals surface area contributed by atoms with Gasteiger partial charge in [-0.15, -0.1) is 6.20 Å².